The molecular formula is C16H30N4. The molecule has 0 aromatic carbocycles. The fourth-order valence-electron chi connectivity index (χ4n) is 2.29. The fraction of sp³-hybridized carbons (Fsp3) is 0.688. The van der Waals surface area contributed by atoms with Gasteiger partial charge in [-0.05, 0) is 65.1 Å². The first-order valence-corrected chi connectivity index (χ1v) is 7.64. The molecular weight excluding hydrogens is 248 g/mol. The van der Waals surface area contributed by atoms with E-state index in [1.807, 2.05) is 7.05 Å². The van der Waals surface area contributed by atoms with Gasteiger partial charge in [0.1, 0.15) is 5.82 Å². The Labute approximate surface area is 124 Å². The summed E-state index contributed by atoms with van der Waals surface area (Å²) in [5, 5.41) is 3.22. The van der Waals surface area contributed by atoms with Gasteiger partial charge in [0.2, 0.25) is 0 Å². The summed E-state index contributed by atoms with van der Waals surface area (Å²) in [4.78, 5) is 9.40. The van der Waals surface area contributed by atoms with Gasteiger partial charge in [0.25, 0.3) is 0 Å². The van der Waals surface area contributed by atoms with Crippen LogP contribution in [-0.4, -0.2) is 50.7 Å². The van der Waals surface area contributed by atoms with Crippen LogP contribution in [0.25, 0.3) is 0 Å². The number of rotatable bonds is 9. The van der Waals surface area contributed by atoms with Crippen LogP contribution in [0.15, 0.2) is 12.1 Å². The molecule has 1 aromatic rings. The summed E-state index contributed by atoms with van der Waals surface area (Å²) >= 11 is 0. The van der Waals surface area contributed by atoms with Crippen LogP contribution in [0.4, 0.5) is 5.82 Å². The molecule has 4 nitrogen and oxygen atoms in total. The van der Waals surface area contributed by atoms with Gasteiger partial charge in [-0.3, -0.25) is 0 Å². The highest BCUT2D eigenvalue weighted by Gasteiger charge is 2.08. The number of nitrogens with one attached hydrogen (secondary N) is 1. The third kappa shape index (κ3) is 5.47. The average molecular weight is 278 g/mol. The van der Waals surface area contributed by atoms with Gasteiger partial charge in [0.15, 0.2) is 0 Å². The highest BCUT2D eigenvalue weighted by Crippen LogP contribution is 2.16. The second-order valence-corrected chi connectivity index (χ2v) is 5.45. The monoisotopic (exact) mass is 278 g/mol. The van der Waals surface area contributed by atoms with E-state index in [4.69, 9.17) is 4.98 Å². The molecule has 0 atom stereocenters. The minimum absolute atomic E-state index is 0.901. The molecule has 0 aliphatic rings. The number of aryl methyl sites for hydroxylation is 1. The molecule has 4 heteroatoms. The molecule has 0 spiro atoms. The van der Waals surface area contributed by atoms with Gasteiger partial charge in [-0.15, -0.1) is 0 Å². The smallest absolute Gasteiger partial charge is 0.129 e. The molecule has 0 amide bonds. The van der Waals surface area contributed by atoms with Gasteiger partial charge in [0.05, 0.1) is 0 Å². The zero-order valence-electron chi connectivity index (χ0n) is 13.7. The van der Waals surface area contributed by atoms with E-state index in [2.05, 4.69) is 55.2 Å². The second kappa shape index (κ2) is 8.93. The van der Waals surface area contributed by atoms with Crippen molar-refractivity contribution in [2.75, 3.05) is 45.7 Å². The molecule has 1 aromatic heterocycles. The maximum atomic E-state index is 4.79. The van der Waals surface area contributed by atoms with Crippen LogP contribution in [0, 0.1) is 0 Å². The Morgan fingerprint density at radius 3 is 2.45 bits per heavy atom. The van der Waals surface area contributed by atoms with Crippen molar-refractivity contribution in [1.82, 2.24) is 15.2 Å². The fourth-order valence-corrected chi connectivity index (χ4v) is 2.29. The molecule has 1 N–H and O–H groups in total. The Morgan fingerprint density at radius 1 is 1.15 bits per heavy atom. The topological polar surface area (TPSA) is 31.4 Å². The lowest BCUT2D eigenvalue weighted by atomic mass is 10.2. The largest absolute Gasteiger partial charge is 0.357 e. The van der Waals surface area contributed by atoms with E-state index in [0.717, 1.165) is 38.4 Å². The standard InChI is InChI=1S/C16H30N4/c1-6-15-11-14(13-17-3)12-16(18-15)20(7-2)10-8-9-19(4)5/h11-12,17H,6-10,13H2,1-5H3. The Kier molecular flexibility index (Phi) is 7.55. The molecule has 114 valence electrons. The summed E-state index contributed by atoms with van der Waals surface area (Å²) in [6.45, 7) is 8.46. The van der Waals surface area contributed by atoms with Crippen molar-refractivity contribution < 1.29 is 0 Å². The third-order valence-electron chi connectivity index (χ3n) is 3.41. The maximum Gasteiger partial charge on any atom is 0.129 e. The molecule has 0 aliphatic carbocycles. The number of hydrogen-bond donors (Lipinski definition) is 1. The second-order valence-electron chi connectivity index (χ2n) is 5.45. The average Bonchev–Trinajstić information content (AvgIpc) is 2.43. The van der Waals surface area contributed by atoms with Crippen LogP contribution in [0.1, 0.15) is 31.5 Å². The molecule has 20 heavy (non-hydrogen) atoms. The minimum Gasteiger partial charge on any atom is -0.357 e. The molecule has 1 rings (SSSR count). The molecule has 0 radical (unpaired) electrons. The van der Waals surface area contributed by atoms with Gasteiger partial charge in [0, 0.05) is 25.3 Å². The van der Waals surface area contributed by atoms with Gasteiger partial charge in [-0.1, -0.05) is 6.92 Å². The molecule has 1 heterocycles. The van der Waals surface area contributed by atoms with Crippen LogP contribution in [0.2, 0.25) is 0 Å². The van der Waals surface area contributed by atoms with Crippen molar-refractivity contribution in [1.29, 1.82) is 0 Å². The number of aromatic nitrogens is 1. The van der Waals surface area contributed by atoms with Crippen LogP contribution in [-0.2, 0) is 13.0 Å². The summed E-state index contributed by atoms with van der Waals surface area (Å²) in [6.07, 6.45) is 2.15. The highest BCUT2D eigenvalue weighted by molar-refractivity contribution is 5.42. The lowest BCUT2D eigenvalue weighted by Crippen LogP contribution is -2.28. The van der Waals surface area contributed by atoms with Crippen LogP contribution in [0.5, 0.6) is 0 Å². The first-order chi connectivity index (χ1) is 9.60. The number of nitrogens with zero attached hydrogens (tertiary/aromatic N) is 3. The Morgan fingerprint density at radius 2 is 1.90 bits per heavy atom. The SMILES string of the molecule is CCc1cc(CNC)cc(N(CC)CCCN(C)C)n1. The van der Waals surface area contributed by atoms with Crippen LogP contribution >= 0.6 is 0 Å². The van der Waals surface area contributed by atoms with E-state index in [9.17, 15) is 0 Å². The maximum absolute atomic E-state index is 4.79. The molecule has 0 aliphatic heterocycles. The van der Waals surface area contributed by atoms with E-state index in [1.165, 1.54) is 17.7 Å². The van der Waals surface area contributed by atoms with Crippen molar-refractivity contribution in [3.8, 4) is 0 Å². The van der Waals surface area contributed by atoms with E-state index in [0.29, 0.717) is 0 Å². The van der Waals surface area contributed by atoms with Gasteiger partial charge in [-0.2, -0.15) is 0 Å². The van der Waals surface area contributed by atoms with Crippen molar-refractivity contribution in [3.63, 3.8) is 0 Å². The quantitative estimate of drug-likeness (QED) is 0.750. The predicted molar refractivity (Wildman–Crippen MR) is 87.4 cm³/mol. The highest BCUT2D eigenvalue weighted by atomic mass is 15.2. The predicted octanol–water partition coefficient (Wildman–Crippen LogP) is 2.14. The number of pyridine rings is 1. The zero-order chi connectivity index (χ0) is 15.0. The lowest BCUT2D eigenvalue weighted by Gasteiger charge is -2.24. The Balaban J connectivity index is 2.81. The van der Waals surface area contributed by atoms with Crippen molar-refractivity contribution in [2.24, 2.45) is 0 Å². The summed E-state index contributed by atoms with van der Waals surface area (Å²) in [7, 11) is 6.23. The molecule has 0 fully saturated rings. The molecule has 0 saturated carbocycles. The van der Waals surface area contributed by atoms with Gasteiger partial charge in [-0.25, -0.2) is 4.98 Å². The minimum atomic E-state index is 0.901. The van der Waals surface area contributed by atoms with E-state index < -0.39 is 0 Å². The van der Waals surface area contributed by atoms with Crippen molar-refractivity contribution >= 4 is 5.82 Å². The lowest BCUT2D eigenvalue weighted by molar-refractivity contribution is 0.400. The summed E-state index contributed by atoms with van der Waals surface area (Å²) in [6, 6.07) is 4.42. The van der Waals surface area contributed by atoms with E-state index in [-0.39, 0.29) is 0 Å². The van der Waals surface area contributed by atoms with Crippen LogP contribution < -0.4 is 10.2 Å². The van der Waals surface area contributed by atoms with Gasteiger partial charge >= 0.3 is 0 Å². The first-order valence-electron chi connectivity index (χ1n) is 7.64. The summed E-state index contributed by atoms with van der Waals surface area (Å²) in [5.74, 6) is 1.12. The Hall–Kier alpha value is -1.13. The summed E-state index contributed by atoms with van der Waals surface area (Å²) < 4.78 is 0. The number of anilines is 1. The molecule has 0 unspecified atom stereocenters. The molecule has 0 bridgehead atoms. The summed E-state index contributed by atoms with van der Waals surface area (Å²) in [5.41, 5.74) is 2.50. The van der Waals surface area contributed by atoms with Gasteiger partial charge < -0.3 is 15.1 Å². The zero-order valence-corrected chi connectivity index (χ0v) is 13.7. The van der Waals surface area contributed by atoms with E-state index >= 15 is 0 Å². The van der Waals surface area contributed by atoms with Crippen molar-refractivity contribution in [3.05, 3.63) is 23.4 Å². The third-order valence-corrected chi connectivity index (χ3v) is 3.41. The van der Waals surface area contributed by atoms with E-state index in [1.54, 1.807) is 0 Å². The Bertz CT molecular complexity index is 390. The van der Waals surface area contributed by atoms with Crippen molar-refractivity contribution in [2.45, 2.75) is 33.2 Å². The molecule has 0 saturated heterocycles. The number of hydrogen-bond acceptors (Lipinski definition) is 4. The first kappa shape index (κ1) is 16.9. The normalized spacial score (nSPS) is 11.1. The van der Waals surface area contributed by atoms with Crippen LogP contribution in [0.3, 0.4) is 0 Å².